The predicted octanol–water partition coefficient (Wildman–Crippen LogP) is 3.69. The molecule has 1 aliphatic rings. The monoisotopic (exact) mass is 429 g/mol. The number of rotatable bonds is 6. The predicted molar refractivity (Wildman–Crippen MR) is 109 cm³/mol. The van der Waals surface area contributed by atoms with Gasteiger partial charge in [0.15, 0.2) is 5.69 Å². The SMILES string of the molecule is COC(=O)c1c(NS(=O)(=O)c2ccc(C3CC3)cc2)c(-c2ccc(F)cc2)nn1C. The Hall–Kier alpha value is -3.20. The highest BCUT2D eigenvalue weighted by molar-refractivity contribution is 7.92. The summed E-state index contributed by atoms with van der Waals surface area (Å²) in [5.74, 6) is -0.690. The van der Waals surface area contributed by atoms with Gasteiger partial charge in [0.1, 0.15) is 17.2 Å². The van der Waals surface area contributed by atoms with Gasteiger partial charge in [0.05, 0.1) is 12.0 Å². The van der Waals surface area contributed by atoms with Crippen LogP contribution in [0.3, 0.4) is 0 Å². The van der Waals surface area contributed by atoms with E-state index in [0.29, 0.717) is 11.5 Å². The van der Waals surface area contributed by atoms with E-state index in [1.165, 1.54) is 43.1 Å². The fourth-order valence-electron chi connectivity index (χ4n) is 3.29. The zero-order chi connectivity index (χ0) is 21.5. The molecule has 1 heterocycles. The molecule has 7 nitrogen and oxygen atoms in total. The summed E-state index contributed by atoms with van der Waals surface area (Å²) in [4.78, 5) is 12.4. The summed E-state index contributed by atoms with van der Waals surface area (Å²) in [6.45, 7) is 0. The van der Waals surface area contributed by atoms with Gasteiger partial charge in [-0.1, -0.05) is 12.1 Å². The number of nitrogens with one attached hydrogen (secondary N) is 1. The summed E-state index contributed by atoms with van der Waals surface area (Å²) >= 11 is 0. The van der Waals surface area contributed by atoms with Gasteiger partial charge in [0.25, 0.3) is 10.0 Å². The van der Waals surface area contributed by atoms with E-state index in [9.17, 15) is 17.6 Å². The van der Waals surface area contributed by atoms with E-state index in [-0.39, 0.29) is 22.0 Å². The highest BCUT2D eigenvalue weighted by Gasteiger charge is 2.29. The van der Waals surface area contributed by atoms with Gasteiger partial charge in [-0.3, -0.25) is 9.40 Å². The standard InChI is InChI=1S/C21H20FN3O4S/c1-25-20(21(26)29-2)19(18(23-25)15-5-9-16(22)10-6-15)24-30(27,28)17-11-7-14(8-12-17)13-3-4-13/h5-13,24H,3-4H2,1-2H3. The number of ether oxygens (including phenoxy) is 1. The Morgan fingerprint density at radius 2 is 1.77 bits per heavy atom. The molecule has 1 fully saturated rings. The fraction of sp³-hybridized carbons (Fsp3) is 0.238. The third-order valence-electron chi connectivity index (χ3n) is 5.02. The minimum absolute atomic E-state index is 0.0257. The molecule has 4 rings (SSSR count). The topological polar surface area (TPSA) is 90.3 Å². The van der Waals surface area contributed by atoms with E-state index in [4.69, 9.17) is 4.74 Å². The van der Waals surface area contributed by atoms with Crippen LogP contribution in [0, 0.1) is 5.82 Å². The molecule has 1 saturated carbocycles. The molecule has 0 bridgehead atoms. The molecule has 0 amide bonds. The lowest BCUT2D eigenvalue weighted by Crippen LogP contribution is -2.17. The van der Waals surface area contributed by atoms with Crippen molar-refractivity contribution in [1.82, 2.24) is 9.78 Å². The van der Waals surface area contributed by atoms with E-state index >= 15 is 0 Å². The normalized spacial score (nSPS) is 13.8. The van der Waals surface area contributed by atoms with E-state index in [0.717, 1.165) is 18.4 Å². The van der Waals surface area contributed by atoms with Crippen molar-refractivity contribution in [3.8, 4) is 11.3 Å². The molecule has 9 heteroatoms. The van der Waals surface area contributed by atoms with Crippen LogP contribution in [0.4, 0.5) is 10.1 Å². The molecule has 0 aliphatic heterocycles. The highest BCUT2D eigenvalue weighted by Crippen LogP contribution is 2.40. The number of aromatic nitrogens is 2. The van der Waals surface area contributed by atoms with Crippen LogP contribution in [-0.4, -0.2) is 31.3 Å². The van der Waals surface area contributed by atoms with Crippen molar-refractivity contribution in [1.29, 1.82) is 0 Å². The molecular weight excluding hydrogens is 409 g/mol. The average Bonchev–Trinajstić information content (AvgIpc) is 3.53. The van der Waals surface area contributed by atoms with Crippen LogP contribution in [0.25, 0.3) is 11.3 Å². The molecule has 2 aromatic carbocycles. The van der Waals surface area contributed by atoms with Crippen molar-refractivity contribution in [2.75, 3.05) is 11.8 Å². The molecule has 0 saturated heterocycles. The quantitative estimate of drug-likeness (QED) is 0.604. The Morgan fingerprint density at radius 3 is 2.33 bits per heavy atom. The van der Waals surface area contributed by atoms with Gasteiger partial charge in [0.2, 0.25) is 0 Å². The summed E-state index contributed by atoms with van der Waals surface area (Å²) in [5.41, 5.74) is 1.66. The zero-order valence-electron chi connectivity index (χ0n) is 16.4. The van der Waals surface area contributed by atoms with Gasteiger partial charge in [-0.05, 0) is 60.7 Å². The smallest absolute Gasteiger partial charge is 0.358 e. The van der Waals surface area contributed by atoms with Crippen molar-refractivity contribution >= 4 is 21.7 Å². The van der Waals surface area contributed by atoms with E-state index in [2.05, 4.69) is 9.82 Å². The van der Waals surface area contributed by atoms with Crippen molar-refractivity contribution in [3.63, 3.8) is 0 Å². The second-order valence-electron chi connectivity index (χ2n) is 7.14. The molecule has 1 aliphatic carbocycles. The Morgan fingerprint density at radius 1 is 1.13 bits per heavy atom. The highest BCUT2D eigenvalue weighted by atomic mass is 32.2. The van der Waals surface area contributed by atoms with Crippen molar-refractivity contribution in [3.05, 3.63) is 65.6 Å². The molecule has 30 heavy (non-hydrogen) atoms. The number of hydrogen-bond acceptors (Lipinski definition) is 5. The summed E-state index contributed by atoms with van der Waals surface area (Å²) in [7, 11) is -1.31. The lowest BCUT2D eigenvalue weighted by molar-refractivity contribution is 0.0589. The molecule has 1 aromatic heterocycles. The maximum Gasteiger partial charge on any atom is 0.358 e. The Bertz CT molecular complexity index is 1200. The molecule has 0 atom stereocenters. The number of carbonyl (C=O) groups excluding carboxylic acids is 1. The Balaban J connectivity index is 1.77. The van der Waals surface area contributed by atoms with Gasteiger partial charge in [0, 0.05) is 12.6 Å². The first kappa shape index (κ1) is 20.1. The van der Waals surface area contributed by atoms with Crippen LogP contribution in [0.2, 0.25) is 0 Å². The van der Waals surface area contributed by atoms with Gasteiger partial charge >= 0.3 is 5.97 Å². The van der Waals surface area contributed by atoms with E-state index in [1.54, 1.807) is 24.3 Å². The molecular formula is C21H20FN3O4S. The number of benzene rings is 2. The second kappa shape index (κ2) is 7.56. The molecule has 0 spiro atoms. The lowest BCUT2D eigenvalue weighted by atomic mass is 10.1. The van der Waals surface area contributed by atoms with Crippen molar-refractivity contribution < 1.29 is 22.3 Å². The zero-order valence-corrected chi connectivity index (χ0v) is 17.2. The average molecular weight is 429 g/mol. The number of esters is 1. The van der Waals surface area contributed by atoms with Crippen molar-refractivity contribution in [2.24, 2.45) is 7.05 Å². The molecule has 1 N–H and O–H groups in total. The summed E-state index contributed by atoms with van der Waals surface area (Å²) in [6.07, 6.45) is 2.23. The summed E-state index contributed by atoms with van der Waals surface area (Å²) in [5, 5.41) is 4.27. The number of anilines is 1. The maximum absolute atomic E-state index is 13.3. The third kappa shape index (κ3) is 3.80. The van der Waals surface area contributed by atoms with E-state index in [1.807, 2.05) is 0 Å². The van der Waals surface area contributed by atoms with Gasteiger partial charge < -0.3 is 4.74 Å². The third-order valence-corrected chi connectivity index (χ3v) is 6.38. The largest absolute Gasteiger partial charge is 0.464 e. The van der Waals surface area contributed by atoms with Crippen LogP contribution >= 0.6 is 0 Å². The summed E-state index contributed by atoms with van der Waals surface area (Å²) < 4.78 is 48.0. The molecule has 3 aromatic rings. The Labute approximate surface area is 173 Å². The maximum atomic E-state index is 13.3. The number of aryl methyl sites for hydroxylation is 1. The van der Waals surface area contributed by atoms with Gasteiger partial charge in [-0.2, -0.15) is 5.10 Å². The van der Waals surface area contributed by atoms with E-state index < -0.39 is 21.8 Å². The molecule has 0 unspecified atom stereocenters. The molecule has 156 valence electrons. The number of halogens is 1. The van der Waals surface area contributed by atoms with Crippen LogP contribution in [0.15, 0.2) is 53.4 Å². The second-order valence-corrected chi connectivity index (χ2v) is 8.83. The van der Waals surface area contributed by atoms with Crippen LogP contribution in [0.5, 0.6) is 0 Å². The first-order chi connectivity index (χ1) is 14.3. The summed E-state index contributed by atoms with van der Waals surface area (Å²) in [6, 6.07) is 12.1. The fourth-order valence-corrected chi connectivity index (χ4v) is 4.36. The van der Waals surface area contributed by atoms with Crippen LogP contribution in [0.1, 0.15) is 34.8 Å². The number of methoxy groups -OCH3 is 1. The van der Waals surface area contributed by atoms with Gasteiger partial charge in [-0.15, -0.1) is 0 Å². The first-order valence-corrected chi connectivity index (χ1v) is 10.8. The Kier molecular flexibility index (Phi) is 5.07. The first-order valence-electron chi connectivity index (χ1n) is 9.34. The van der Waals surface area contributed by atoms with Crippen LogP contribution < -0.4 is 4.72 Å². The number of carbonyl (C=O) groups is 1. The number of sulfonamides is 1. The number of nitrogens with zero attached hydrogens (tertiary/aromatic N) is 2. The minimum Gasteiger partial charge on any atom is -0.464 e. The van der Waals surface area contributed by atoms with Gasteiger partial charge in [-0.25, -0.2) is 17.6 Å². The van der Waals surface area contributed by atoms with Crippen LogP contribution in [-0.2, 0) is 21.8 Å². The molecule has 0 radical (unpaired) electrons. The lowest BCUT2D eigenvalue weighted by Gasteiger charge is -2.11. The minimum atomic E-state index is -4.01. The van der Waals surface area contributed by atoms with Crippen molar-refractivity contribution in [2.45, 2.75) is 23.7 Å². The number of hydrogen-bond donors (Lipinski definition) is 1.